The van der Waals surface area contributed by atoms with Gasteiger partial charge in [0.1, 0.15) is 5.82 Å². The van der Waals surface area contributed by atoms with Crippen molar-refractivity contribution in [1.29, 1.82) is 0 Å². The maximum Gasteiger partial charge on any atom is 0.148 e. The number of aliphatic hydroxyl groups is 1. The van der Waals surface area contributed by atoms with Crippen molar-refractivity contribution in [3.63, 3.8) is 0 Å². The summed E-state index contributed by atoms with van der Waals surface area (Å²) in [6, 6.07) is 3.68. The zero-order valence-corrected chi connectivity index (χ0v) is 7.94. The van der Waals surface area contributed by atoms with Crippen molar-refractivity contribution in [3.8, 4) is 0 Å². The predicted octanol–water partition coefficient (Wildman–Crippen LogP) is 0.905. The standard InChI is InChI=1S/C9H15N3O/c1-7(2)8(6-13)11-9-4-3-5-10-12-9/h3-5,7-8,13H,6H2,1-2H3,(H,11,12). The lowest BCUT2D eigenvalue weighted by atomic mass is 10.1. The molecule has 2 N–H and O–H groups in total. The van der Waals surface area contributed by atoms with E-state index in [-0.39, 0.29) is 12.6 Å². The normalized spacial score (nSPS) is 12.9. The largest absolute Gasteiger partial charge is 0.394 e. The van der Waals surface area contributed by atoms with E-state index in [2.05, 4.69) is 15.5 Å². The molecule has 4 heteroatoms. The molecule has 13 heavy (non-hydrogen) atoms. The molecule has 0 amide bonds. The predicted molar refractivity (Wildman–Crippen MR) is 51.4 cm³/mol. The van der Waals surface area contributed by atoms with Crippen molar-refractivity contribution in [2.75, 3.05) is 11.9 Å². The number of rotatable bonds is 4. The van der Waals surface area contributed by atoms with Gasteiger partial charge in [0, 0.05) is 6.20 Å². The summed E-state index contributed by atoms with van der Waals surface area (Å²) in [5.41, 5.74) is 0. The quantitative estimate of drug-likeness (QED) is 0.724. The second-order valence-corrected chi connectivity index (χ2v) is 3.29. The first kappa shape index (κ1) is 9.92. The molecule has 1 unspecified atom stereocenters. The minimum absolute atomic E-state index is 0.0386. The lowest BCUT2D eigenvalue weighted by Gasteiger charge is -2.19. The number of nitrogens with zero attached hydrogens (tertiary/aromatic N) is 2. The van der Waals surface area contributed by atoms with Crippen LogP contribution in [0.2, 0.25) is 0 Å². The summed E-state index contributed by atoms with van der Waals surface area (Å²) in [5, 5.41) is 19.8. The van der Waals surface area contributed by atoms with Gasteiger partial charge in [-0.25, -0.2) is 0 Å². The SMILES string of the molecule is CC(C)C(CO)Nc1cccnn1. The Bertz CT molecular complexity index is 238. The number of aromatic nitrogens is 2. The van der Waals surface area contributed by atoms with Crippen LogP contribution in [0.4, 0.5) is 5.82 Å². The third-order valence-electron chi connectivity index (χ3n) is 1.91. The fourth-order valence-corrected chi connectivity index (χ4v) is 0.992. The van der Waals surface area contributed by atoms with Gasteiger partial charge in [-0.1, -0.05) is 13.8 Å². The molecule has 0 saturated heterocycles. The van der Waals surface area contributed by atoms with Crippen LogP contribution in [0.5, 0.6) is 0 Å². The fourth-order valence-electron chi connectivity index (χ4n) is 0.992. The van der Waals surface area contributed by atoms with Crippen LogP contribution in [0.3, 0.4) is 0 Å². The van der Waals surface area contributed by atoms with Crippen LogP contribution < -0.4 is 5.32 Å². The Balaban J connectivity index is 2.57. The average molecular weight is 181 g/mol. The van der Waals surface area contributed by atoms with Gasteiger partial charge in [-0.05, 0) is 18.1 Å². The van der Waals surface area contributed by atoms with Gasteiger partial charge in [0.05, 0.1) is 12.6 Å². The molecule has 0 spiro atoms. The Morgan fingerprint density at radius 2 is 2.31 bits per heavy atom. The molecular weight excluding hydrogens is 166 g/mol. The Morgan fingerprint density at radius 1 is 1.54 bits per heavy atom. The average Bonchev–Trinajstić information content (AvgIpc) is 2.15. The number of hydrogen-bond acceptors (Lipinski definition) is 4. The number of nitrogens with one attached hydrogen (secondary N) is 1. The third-order valence-corrected chi connectivity index (χ3v) is 1.91. The molecule has 0 saturated carbocycles. The molecule has 1 heterocycles. The lowest BCUT2D eigenvalue weighted by Crippen LogP contribution is -2.29. The molecule has 0 aromatic carbocycles. The molecule has 0 radical (unpaired) electrons. The van der Waals surface area contributed by atoms with Crippen LogP contribution in [0, 0.1) is 5.92 Å². The highest BCUT2D eigenvalue weighted by molar-refractivity contribution is 5.33. The fraction of sp³-hybridized carbons (Fsp3) is 0.556. The first-order valence-electron chi connectivity index (χ1n) is 4.39. The number of hydrogen-bond donors (Lipinski definition) is 2. The highest BCUT2D eigenvalue weighted by Crippen LogP contribution is 2.07. The maximum atomic E-state index is 9.05. The van der Waals surface area contributed by atoms with Crippen LogP contribution in [0.1, 0.15) is 13.8 Å². The number of aliphatic hydroxyl groups excluding tert-OH is 1. The molecule has 1 aromatic rings. The number of anilines is 1. The summed E-state index contributed by atoms with van der Waals surface area (Å²) in [6.45, 7) is 4.20. The van der Waals surface area contributed by atoms with Gasteiger partial charge in [-0.15, -0.1) is 5.10 Å². The van der Waals surface area contributed by atoms with Gasteiger partial charge >= 0.3 is 0 Å². The molecule has 72 valence electrons. The molecule has 1 aromatic heterocycles. The van der Waals surface area contributed by atoms with Gasteiger partial charge in [-0.2, -0.15) is 5.10 Å². The van der Waals surface area contributed by atoms with Crippen LogP contribution >= 0.6 is 0 Å². The van der Waals surface area contributed by atoms with Crippen molar-refractivity contribution in [2.45, 2.75) is 19.9 Å². The topological polar surface area (TPSA) is 58.0 Å². The summed E-state index contributed by atoms with van der Waals surface area (Å²) < 4.78 is 0. The zero-order chi connectivity index (χ0) is 9.68. The molecule has 0 aliphatic carbocycles. The van der Waals surface area contributed by atoms with Gasteiger partial charge < -0.3 is 10.4 Å². The van der Waals surface area contributed by atoms with Gasteiger partial charge in [0.25, 0.3) is 0 Å². The van der Waals surface area contributed by atoms with Gasteiger partial charge in [-0.3, -0.25) is 0 Å². The third kappa shape index (κ3) is 2.99. The maximum absolute atomic E-state index is 9.05. The van der Waals surface area contributed by atoms with E-state index >= 15 is 0 Å². The minimum atomic E-state index is 0.0386. The Labute approximate surface area is 78.0 Å². The molecular formula is C9H15N3O. The molecule has 1 atom stereocenters. The minimum Gasteiger partial charge on any atom is -0.394 e. The van der Waals surface area contributed by atoms with Crippen molar-refractivity contribution in [2.24, 2.45) is 5.92 Å². The molecule has 0 fully saturated rings. The summed E-state index contributed by atoms with van der Waals surface area (Å²) in [5.74, 6) is 1.07. The van der Waals surface area contributed by atoms with E-state index in [1.54, 1.807) is 6.20 Å². The van der Waals surface area contributed by atoms with Crippen LogP contribution in [0.25, 0.3) is 0 Å². The molecule has 0 aliphatic heterocycles. The van der Waals surface area contributed by atoms with Gasteiger partial charge in [0.15, 0.2) is 0 Å². The molecule has 1 rings (SSSR count). The highest BCUT2D eigenvalue weighted by atomic mass is 16.3. The van der Waals surface area contributed by atoms with E-state index in [0.29, 0.717) is 11.7 Å². The Morgan fingerprint density at radius 3 is 2.77 bits per heavy atom. The first-order valence-corrected chi connectivity index (χ1v) is 4.39. The van der Waals surface area contributed by atoms with Crippen molar-refractivity contribution in [1.82, 2.24) is 10.2 Å². The van der Waals surface area contributed by atoms with Crippen molar-refractivity contribution >= 4 is 5.82 Å². The summed E-state index contributed by atoms with van der Waals surface area (Å²) in [7, 11) is 0. The van der Waals surface area contributed by atoms with Crippen molar-refractivity contribution in [3.05, 3.63) is 18.3 Å². The molecule has 0 bridgehead atoms. The van der Waals surface area contributed by atoms with Crippen LogP contribution in [-0.4, -0.2) is 28.0 Å². The summed E-state index contributed by atoms with van der Waals surface area (Å²) in [4.78, 5) is 0. The van der Waals surface area contributed by atoms with E-state index in [0.717, 1.165) is 0 Å². The van der Waals surface area contributed by atoms with Crippen LogP contribution in [0.15, 0.2) is 18.3 Å². The molecule has 4 nitrogen and oxygen atoms in total. The Kier molecular flexibility index (Phi) is 3.64. The monoisotopic (exact) mass is 181 g/mol. The second-order valence-electron chi connectivity index (χ2n) is 3.29. The van der Waals surface area contributed by atoms with Crippen molar-refractivity contribution < 1.29 is 5.11 Å². The smallest absolute Gasteiger partial charge is 0.148 e. The van der Waals surface area contributed by atoms with E-state index in [9.17, 15) is 0 Å². The zero-order valence-electron chi connectivity index (χ0n) is 7.94. The Hall–Kier alpha value is -1.16. The summed E-state index contributed by atoms with van der Waals surface area (Å²) >= 11 is 0. The van der Waals surface area contributed by atoms with Gasteiger partial charge in [0.2, 0.25) is 0 Å². The van der Waals surface area contributed by atoms with E-state index in [1.807, 2.05) is 26.0 Å². The molecule has 0 aliphatic rings. The highest BCUT2D eigenvalue weighted by Gasteiger charge is 2.11. The summed E-state index contributed by atoms with van der Waals surface area (Å²) in [6.07, 6.45) is 1.62. The lowest BCUT2D eigenvalue weighted by molar-refractivity contribution is 0.249. The first-order chi connectivity index (χ1) is 6.24. The van der Waals surface area contributed by atoms with E-state index in [4.69, 9.17) is 5.11 Å². The van der Waals surface area contributed by atoms with E-state index < -0.39 is 0 Å². The van der Waals surface area contributed by atoms with Crippen LogP contribution in [-0.2, 0) is 0 Å². The van der Waals surface area contributed by atoms with E-state index in [1.165, 1.54) is 0 Å². The second kappa shape index (κ2) is 4.77.